The van der Waals surface area contributed by atoms with Crippen LogP contribution < -0.4 is 4.90 Å². The number of nitrogens with zero attached hydrogens (tertiary/aromatic N) is 4. The molecule has 1 aliphatic rings. The molecule has 2 heterocycles. The van der Waals surface area contributed by atoms with Gasteiger partial charge >= 0.3 is 0 Å². The van der Waals surface area contributed by atoms with E-state index in [-0.39, 0.29) is 17.1 Å². The highest BCUT2D eigenvalue weighted by Crippen LogP contribution is 2.25. The summed E-state index contributed by atoms with van der Waals surface area (Å²) in [6.45, 7) is 4.18. The molecule has 1 aromatic rings. The average molecular weight is 303 g/mol. The second kappa shape index (κ2) is 7.26. The van der Waals surface area contributed by atoms with Crippen molar-refractivity contribution in [1.82, 2.24) is 15.0 Å². The number of anilines is 1. The van der Waals surface area contributed by atoms with Gasteiger partial charge in [0.15, 0.2) is 5.16 Å². The molecule has 0 amide bonds. The van der Waals surface area contributed by atoms with Gasteiger partial charge in [0.2, 0.25) is 11.2 Å². The second-order valence-electron chi connectivity index (χ2n) is 4.68. The molecule has 0 aliphatic carbocycles. The number of hydrogen-bond acceptors (Lipinski definition) is 6. The smallest absolute Gasteiger partial charge is 0.230 e. The molecule has 19 heavy (non-hydrogen) atoms. The molecule has 0 bridgehead atoms. The SMILES string of the molecule is CC(CCO)Sc1nc(Cl)nc(N2CCCCC2)n1. The molecule has 0 radical (unpaired) electrons. The lowest BCUT2D eigenvalue weighted by atomic mass is 10.1. The minimum absolute atomic E-state index is 0.173. The summed E-state index contributed by atoms with van der Waals surface area (Å²) in [6.07, 6.45) is 4.33. The Hall–Kier alpha value is -0.590. The van der Waals surface area contributed by atoms with Crippen molar-refractivity contribution in [3.8, 4) is 0 Å². The maximum absolute atomic E-state index is 8.93. The standard InChI is InChI=1S/C12H19ClN4OS/c1-9(5-8-18)19-12-15-10(13)14-11(16-12)17-6-3-2-4-7-17/h9,18H,2-8H2,1H3. The monoisotopic (exact) mass is 302 g/mol. The first-order chi connectivity index (χ1) is 9.19. The predicted molar refractivity (Wildman–Crippen MR) is 77.9 cm³/mol. The number of rotatable bonds is 5. The van der Waals surface area contributed by atoms with E-state index in [4.69, 9.17) is 16.7 Å². The van der Waals surface area contributed by atoms with Crippen molar-refractivity contribution in [3.05, 3.63) is 5.28 Å². The van der Waals surface area contributed by atoms with Crippen LogP contribution in [-0.2, 0) is 0 Å². The Kier molecular flexibility index (Phi) is 5.66. The highest BCUT2D eigenvalue weighted by molar-refractivity contribution is 7.99. The summed E-state index contributed by atoms with van der Waals surface area (Å²) >= 11 is 7.51. The Bertz CT molecular complexity index is 415. The van der Waals surface area contributed by atoms with Crippen LogP contribution in [0.25, 0.3) is 0 Å². The zero-order valence-electron chi connectivity index (χ0n) is 11.0. The summed E-state index contributed by atoms with van der Waals surface area (Å²) in [5.41, 5.74) is 0. The van der Waals surface area contributed by atoms with Crippen molar-refractivity contribution >= 4 is 29.3 Å². The zero-order chi connectivity index (χ0) is 13.7. The minimum Gasteiger partial charge on any atom is -0.396 e. The molecule has 2 rings (SSSR count). The van der Waals surface area contributed by atoms with Gasteiger partial charge in [-0.2, -0.15) is 15.0 Å². The third kappa shape index (κ3) is 4.47. The van der Waals surface area contributed by atoms with Gasteiger partial charge < -0.3 is 10.0 Å². The van der Waals surface area contributed by atoms with Gasteiger partial charge in [0, 0.05) is 24.9 Å². The quantitative estimate of drug-likeness (QED) is 0.843. The Morgan fingerprint density at radius 2 is 2.00 bits per heavy atom. The van der Waals surface area contributed by atoms with Crippen molar-refractivity contribution in [1.29, 1.82) is 0 Å². The molecule has 0 aromatic carbocycles. The predicted octanol–water partition coefficient (Wildman–Crippen LogP) is 2.38. The first-order valence-corrected chi connectivity index (χ1v) is 7.89. The molecule has 106 valence electrons. The molecule has 5 nitrogen and oxygen atoms in total. The van der Waals surface area contributed by atoms with Gasteiger partial charge in [-0.15, -0.1) is 0 Å². The lowest BCUT2D eigenvalue weighted by Gasteiger charge is -2.26. The van der Waals surface area contributed by atoms with Crippen LogP contribution in [0, 0.1) is 0 Å². The molecule has 0 saturated carbocycles. The Balaban J connectivity index is 2.09. The van der Waals surface area contributed by atoms with Crippen LogP contribution in [0.1, 0.15) is 32.6 Å². The van der Waals surface area contributed by atoms with Crippen molar-refractivity contribution in [2.24, 2.45) is 0 Å². The van der Waals surface area contributed by atoms with Crippen molar-refractivity contribution in [2.75, 3.05) is 24.6 Å². The molecule has 1 aliphatic heterocycles. The maximum Gasteiger partial charge on any atom is 0.230 e. The zero-order valence-corrected chi connectivity index (χ0v) is 12.6. The summed E-state index contributed by atoms with van der Waals surface area (Å²) in [5, 5.41) is 10.1. The fourth-order valence-corrected chi connectivity index (χ4v) is 3.09. The van der Waals surface area contributed by atoms with Crippen molar-refractivity contribution in [3.63, 3.8) is 0 Å². The number of piperidine rings is 1. The second-order valence-corrected chi connectivity index (χ2v) is 6.42. The highest BCUT2D eigenvalue weighted by atomic mass is 35.5. The molecule has 1 saturated heterocycles. The van der Waals surface area contributed by atoms with Crippen LogP contribution in [0.3, 0.4) is 0 Å². The molecule has 1 atom stereocenters. The van der Waals surface area contributed by atoms with Gasteiger partial charge in [0.1, 0.15) is 0 Å². The van der Waals surface area contributed by atoms with E-state index in [1.54, 1.807) is 0 Å². The maximum atomic E-state index is 8.93. The fourth-order valence-electron chi connectivity index (χ4n) is 2.03. The first-order valence-electron chi connectivity index (χ1n) is 6.63. The number of aliphatic hydroxyl groups is 1. The van der Waals surface area contributed by atoms with Gasteiger partial charge in [-0.3, -0.25) is 0 Å². The van der Waals surface area contributed by atoms with E-state index < -0.39 is 0 Å². The van der Waals surface area contributed by atoms with E-state index in [0.717, 1.165) is 13.1 Å². The Labute approximate surface area is 122 Å². The normalized spacial score (nSPS) is 17.5. The van der Waals surface area contributed by atoms with Gasteiger partial charge in [0.05, 0.1) is 0 Å². The van der Waals surface area contributed by atoms with Gasteiger partial charge in [0.25, 0.3) is 0 Å². The van der Waals surface area contributed by atoms with Crippen LogP contribution in [0.5, 0.6) is 0 Å². The number of aliphatic hydroxyl groups excluding tert-OH is 1. The van der Waals surface area contributed by atoms with E-state index in [1.165, 1.54) is 31.0 Å². The van der Waals surface area contributed by atoms with Crippen LogP contribution in [-0.4, -0.2) is 45.0 Å². The topological polar surface area (TPSA) is 62.1 Å². The molecule has 1 N–H and O–H groups in total. The lowest BCUT2D eigenvalue weighted by molar-refractivity contribution is 0.289. The highest BCUT2D eigenvalue weighted by Gasteiger charge is 2.16. The minimum atomic E-state index is 0.173. The largest absolute Gasteiger partial charge is 0.396 e. The molecular weight excluding hydrogens is 284 g/mol. The Morgan fingerprint density at radius 3 is 2.68 bits per heavy atom. The first kappa shape index (κ1) is 14.8. The van der Waals surface area contributed by atoms with E-state index in [1.807, 2.05) is 6.92 Å². The average Bonchev–Trinajstić information content (AvgIpc) is 2.39. The number of halogens is 1. The number of aromatic nitrogens is 3. The fraction of sp³-hybridized carbons (Fsp3) is 0.750. The molecular formula is C12H19ClN4OS. The van der Waals surface area contributed by atoms with Crippen molar-refractivity contribution < 1.29 is 5.11 Å². The summed E-state index contributed by atoms with van der Waals surface area (Å²) in [7, 11) is 0. The summed E-state index contributed by atoms with van der Waals surface area (Å²) in [5.74, 6) is 0.679. The third-order valence-corrected chi connectivity index (χ3v) is 4.26. The van der Waals surface area contributed by atoms with Crippen LogP contribution in [0.2, 0.25) is 5.28 Å². The number of thioether (sulfide) groups is 1. The lowest BCUT2D eigenvalue weighted by Crippen LogP contribution is -2.31. The molecule has 1 unspecified atom stereocenters. The van der Waals surface area contributed by atoms with Crippen LogP contribution >= 0.6 is 23.4 Å². The number of hydrogen-bond donors (Lipinski definition) is 1. The molecule has 1 aromatic heterocycles. The van der Waals surface area contributed by atoms with E-state index in [2.05, 4.69) is 19.9 Å². The molecule has 7 heteroatoms. The molecule has 1 fully saturated rings. The summed E-state index contributed by atoms with van der Waals surface area (Å²) in [6, 6.07) is 0. The van der Waals surface area contributed by atoms with Crippen LogP contribution in [0.4, 0.5) is 5.95 Å². The van der Waals surface area contributed by atoms with E-state index in [9.17, 15) is 0 Å². The van der Waals surface area contributed by atoms with E-state index >= 15 is 0 Å². The van der Waals surface area contributed by atoms with Gasteiger partial charge in [-0.05, 0) is 37.3 Å². The molecule has 0 spiro atoms. The third-order valence-electron chi connectivity index (χ3n) is 3.06. The van der Waals surface area contributed by atoms with Crippen LogP contribution in [0.15, 0.2) is 5.16 Å². The Morgan fingerprint density at radius 1 is 1.26 bits per heavy atom. The van der Waals surface area contributed by atoms with Crippen molar-refractivity contribution in [2.45, 2.75) is 43.0 Å². The van der Waals surface area contributed by atoms with E-state index in [0.29, 0.717) is 17.5 Å². The summed E-state index contributed by atoms with van der Waals surface area (Å²) < 4.78 is 0. The van der Waals surface area contributed by atoms with Gasteiger partial charge in [-0.1, -0.05) is 18.7 Å². The van der Waals surface area contributed by atoms with Gasteiger partial charge in [-0.25, -0.2) is 0 Å². The summed E-state index contributed by atoms with van der Waals surface area (Å²) in [4.78, 5) is 15.0.